The normalized spacial score (nSPS) is 10.7. The van der Waals surface area contributed by atoms with Crippen LogP contribution in [0.4, 0.5) is 5.69 Å². The molecule has 0 aliphatic heterocycles. The smallest absolute Gasteiger partial charge is 0.224 e. The fraction of sp³-hybridized carbons (Fsp3) is 0.176. The fourth-order valence-corrected chi connectivity index (χ4v) is 2.23. The van der Waals surface area contributed by atoms with E-state index >= 15 is 0 Å². The van der Waals surface area contributed by atoms with Crippen molar-refractivity contribution in [1.82, 2.24) is 19.8 Å². The molecular formula is C17H17N5O. The minimum absolute atomic E-state index is 0.0164. The topological polar surface area (TPSA) is 72.2 Å². The van der Waals surface area contributed by atoms with E-state index in [2.05, 4.69) is 27.2 Å². The van der Waals surface area contributed by atoms with E-state index in [1.54, 1.807) is 10.6 Å². The number of carbonyl (C=O) groups excluding carboxylic acids is 1. The maximum absolute atomic E-state index is 11.7. The van der Waals surface area contributed by atoms with Crippen LogP contribution in [0.2, 0.25) is 0 Å². The van der Waals surface area contributed by atoms with Gasteiger partial charge in [0.1, 0.15) is 0 Å². The largest absolute Gasteiger partial charge is 0.326 e. The van der Waals surface area contributed by atoms with Crippen LogP contribution in [0.3, 0.4) is 0 Å². The van der Waals surface area contributed by atoms with E-state index in [0.717, 1.165) is 28.4 Å². The van der Waals surface area contributed by atoms with Crippen LogP contribution < -0.4 is 5.32 Å². The zero-order valence-corrected chi connectivity index (χ0v) is 12.9. The zero-order chi connectivity index (χ0) is 16.2. The second-order valence-electron chi connectivity index (χ2n) is 5.19. The highest BCUT2D eigenvalue weighted by molar-refractivity contribution is 5.91. The van der Waals surface area contributed by atoms with Gasteiger partial charge in [0.05, 0.1) is 5.69 Å². The molecule has 2 heterocycles. The molecule has 0 aliphatic rings. The van der Waals surface area contributed by atoms with Gasteiger partial charge in [-0.3, -0.25) is 4.79 Å². The molecule has 0 saturated carbocycles. The molecule has 0 radical (unpaired) electrons. The average molecular weight is 307 g/mol. The third-order valence-electron chi connectivity index (χ3n) is 3.46. The predicted molar refractivity (Wildman–Crippen MR) is 89.0 cm³/mol. The van der Waals surface area contributed by atoms with Crippen LogP contribution in [0.25, 0.3) is 16.9 Å². The number of carbonyl (C=O) groups is 1. The summed E-state index contributed by atoms with van der Waals surface area (Å²) in [6, 6.07) is 11.4. The van der Waals surface area contributed by atoms with E-state index in [0.29, 0.717) is 12.8 Å². The Balaban J connectivity index is 1.79. The van der Waals surface area contributed by atoms with Crippen molar-refractivity contribution in [3.63, 3.8) is 0 Å². The van der Waals surface area contributed by atoms with Crippen molar-refractivity contribution in [2.75, 3.05) is 5.32 Å². The maximum atomic E-state index is 11.7. The lowest BCUT2D eigenvalue weighted by atomic mass is 10.1. The van der Waals surface area contributed by atoms with Gasteiger partial charge < -0.3 is 5.32 Å². The molecule has 3 rings (SSSR count). The predicted octanol–water partition coefficient (Wildman–Crippen LogP) is 3.00. The Hall–Kier alpha value is -3.02. The van der Waals surface area contributed by atoms with Crippen molar-refractivity contribution in [1.29, 1.82) is 0 Å². The number of amides is 1. The number of aromatic nitrogens is 4. The van der Waals surface area contributed by atoms with E-state index in [4.69, 9.17) is 0 Å². The molecule has 0 atom stereocenters. The summed E-state index contributed by atoms with van der Waals surface area (Å²) < 4.78 is 1.71. The molecule has 0 unspecified atom stereocenters. The minimum atomic E-state index is -0.0164. The van der Waals surface area contributed by atoms with Gasteiger partial charge in [0, 0.05) is 17.7 Å². The number of benzene rings is 1. The van der Waals surface area contributed by atoms with Crippen LogP contribution in [-0.4, -0.2) is 25.7 Å². The molecule has 1 amide bonds. The van der Waals surface area contributed by atoms with Gasteiger partial charge >= 0.3 is 0 Å². The van der Waals surface area contributed by atoms with Crippen molar-refractivity contribution in [2.45, 2.75) is 19.8 Å². The lowest BCUT2D eigenvalue weighted by Gasteiger charge is -2.06. The van der Waals surface area contributed by atoms with E-state index in [9.17, 15) is 4.79 Å². The van der Waals surface area contributed by atoms with Crippen molar-refractivity contribution < 1.29 is 4.79 Å². The van der Waals surface area contributed by atoms with Crippen LogP contribution >= 0.6 is 0 Å². The minimum Gasteiger partial charge on any atom is -0.326 e. The highest BCUT2D eigenvalue weighted by Gasteiger charge is 2.06. The van der Waals surface area contributed by atoms with Crippen LogP contribution in [-0.2, 0) is 4.79 Å². The number of rotatable bonds is 5. The molecule has 2 aromatic heterocycles. The SMILES string of the molecule is C=CCCC(=O)Nc1ccc(-c2ccc3nnc(C)n3n2)cc1. The van der Waals surface area contributed by atoms with Gasteiger partial charge in [0.15, 0.2) is 11.5 Å². The maximum Gasteiger partial charge on any atom is 0.224 e. The molecule has 0 bridgehead atoms. The summed E-state index contributed by atoms with van der Waals surface area (Å²) in [5.41, 5.74) is 3.27. The molecule has 0 saturated heterocycles. The summed E-state index contributed by atoms with van der Waals surface area (Å²) in [6.45, 7) is 5.47. The standard InChI is InChI=1S/C17H17N5O/c1-3-4-5-17(23)18-14-8-6-13(7-9-14)15-10-11-16-20-19-12(2)22(16)21-15/h3,6-11H,1,4-5H2,2H3,(H,18,23). The monoisotopic (exact) mass is 307 g/mol. The number of fused-ring (bicyclic) bond motifs is 1. The van der Waals surface area contributed by atoms with Gasteiger partial charge in [-0.05, 0) is 37.6 Å². The Kier molecular flexibility index (Phi) is 4.14. The average Bonchev–Trinajstić information content (AvgIpc) is 2.94. The van der Waals surface area contributed by atoms with Gasteiger partial charge in [-0.15, -0.1) is 16.8 Å². The molecule has 3 aromatic rings. The third kappa shape index (κ3) is 3.26. The molecule has 0 aliphatic carbocycles. The van der Waals surface area contributed by atoms with Crippen LogP contribution in [0.1, 0.15) is 18.7 Å². The van der Waals surface area contributed by atoms with Gasteiger partial charge in [0.25, 0.3) is 0 Å². The Morgan fingerprint density at radius 3 is 2.74 bits per heavy atom. The molecule has 1 N–H and O–H groups in total. The number of hydrogen-bond acceptors (Lipinski definition) is 4. The fourth-order valence-electron chi connectivity index (χ4n) is 2.23. The number of hydrogen-bond donors (Lipinski definition) is 1. The molecule has 6 heteroatoms. The van der Waals surface area contributed by atoms with Crippen LogP contribution in [0.15, 0.2) is 49.1 Å². The first kappa shape index (κ1) is 14.9. The third-order valence-corrected chi connectivity index (χ3v) is 3.46. The highest BCUT2D eigenvalue weighted by atomic mass is 16.1. The molecule has 23 heavy (non-hydrogen) atoms. The summed E-state index contributed by atoms with van der Waals surface area (Å²) in [5, 5.41) is 15.4. The van der Waals surface area contributed by atoms with Crippen molar-refractivity contribution in [3.05, 3.63) is 54.9 Å². The molecule has 0 spiro atoms. The first-order valence-electron chi connectivity index (χ1n) is 7.37. The molecular weight excluding hydrogens is 290 g/mol. The molecule has 116 valence electrons. The first-order chi connectivity index (χ1) is 11.2. The van der Waals surface area contributed by atoms with Crippen LogP contribution in [0, 0.1) is 6.92 Å². The van der Waals surface area contributed by atoms with Gasteiger partial charge in [-0.1, -0.05) is 18.2 Å². The highest BCUT2D eigenvalue weighted by Crippen LogP contribution is 2.20. The van der Waals surface area contributed by atoms with Gasteiger partial charge in [-0.25, -0.2) is 0 Å². The summed E-state index contributed by atoms with van der Waals surface area (Å²) in [5.74, 6) is 0.727. The number of nitrogens with one attached hydrogen (secondary N) is 1. The summed E-state index contributed by atoms with van der Waals surface area (Å²) in [6.07, 6.45) is 2.85. The summed E-state index contributed by atoms with van der Waals surface area (Å²) in [4.78, 5) is 11.7. The van der Waals surface area contributed by atoms with Crippen molar-refractivity contribution in [2.24, 2.45) is 0 Å². The number of nitrogens with zero attached hydrogens (tertiary/aromatic N) is 4. The Morgan fingerprint density at radius 2 is 2.00 bits per heavy atom. The number of anilines is 1. The van der Waals surface area contributed by atoms with Gasteiger partial charge in [-0.2, -0.15) is 9.61 Å². The van der Waals surface area contributed by atoms with Crippen LogP contribution in [0.5, 0.6) is 0 Å². The van der Waals surface area contributed by atoms with E-state index < -0.39 is 0 Å². The van der Waals surface area contributed by atoms with Gasteiger partial charge in [0.2, 0.25) is 5.91 Å². The van der Waals surface area contributed by atoms with E-state index in [1.165, 1.54) is 0 Å². The molecule has 0 fully saturated rings. The Morgan fingerprint density at radius 1 is 1.22 bits per heavy atom. The quantitative estimate of drug-likeness (QED) is 0.735. The molecule has 6 nitrogen and oxygen atoms in total. The molecule has 1 aromatic carbocycles. The van der Waals surface area contributed by atoms with E-state index in [-0.39, 0.29) is 5.91 Å². The summed E-state index contributed by atoms with van der Waals surface area (Å²) in [7, 11) is 0. The number of aryl methyl sites for hydroxylation is 1. The second kappa shape index (κ2) is 6.39. The Bertz CT molecular complexity index is 851. The lowest BCUT2D eigenvalue weighted by Crippen LogP contribution is -2.10. The second-order valence-corrected chi connectivity index (χ2v) is 5.19. The Labute approximate surface area is 133 Å². The lowest BCUT2D eigenvalue weighted by molar-refractivity contribution is -0.116. The first-order valence-corrected chi connectivity index (χ1v) is 7.37. The van der Waals surface area contributed by atoms with Crippen molar-refractivity contribution >= 4 is 17.2 Å². The van der Waals surface area contributed by atoms with Crippen molar-refractivity contribution in [3.8, 4) is 11.3 Å². The summed E-state index contributed by atoms with van der Waals surface area (Å²) >= 11 is 0. The number of allylic oxidation sites excluding steroid dienone is 1. The van der Waals surface area contributed by atoms with E-state index in [1.807, 2.05) is 43.3 Å². The zero-order valence-electron chi connectivity index (χ0n) is 12.9.